The predicted molar refractivity (Wildman–Crippen MR) is 119 cm³/mol. The molecule has 0 atom stereocenters. The van der Waals surface area contributed by atoms with Gasteiger partial charge < -0.3 is 15.5 Å². The fourth-order valence-electron chi connectivity index (χ4n) is 3.35. The van der Waals surface area contributed by atoms with Gasteiger partial charge >= 0.3 is 0 Å². The van der Waals surface area contributed by atoms with Crippen LogP contribution in [0.25, 0.3) is 0 Å². The van der Waals surface area contributed by atoms with Gasteiger partial charge in [0.2, 0.25) is 5.91 Å². The van der Waals surface area contributed by atoms with Crippen molar-refractivity contribution in [3.63, 3.8) is 0 Å². The van der Waals surface area contributed by atoms with E-state index < -0.39 is 0 Å². The van der Waals surface area contributed by atoms with Crippen LogP contribution in [0.3, 0.4) is 0 Å². The van der Waals surface area contributed by atoms with Crippen molar-refractivity contribution in [3.8, 4) is 0 Å². The van der Waals surface area contributed by atoms with E-state index in [-0.39, 0.29) is 17.7 Å². The Hall–Kier alpha value is -3.45. The van der Waals surface area contributed by atoms with Crippen LogP contribution in [0.5, 0.6) is 0 Å². The number of carbonyl (C=O) groups is 3. The van der Waals surface area contributed by atoms with Crippen LogP contribution < -0.4 is 15.5 Å². The van der Waals surface area contributed by atoms with Crippen LogP contribution in [-0.2, 0) is 4.79 Å². The molecule has 0 bridgehead atoms. The summed E-state index contributed by atoms with van der Waals surface area (Å²) >= 11 is 1.37. The Morgan fingerprint density at radius 2 is 1.60 bits per heavy atom. The van der Waals surface area contributed by atoms with E-state index in [1.807, 2.05) is 11.4 Å². The van der Waals surface area contributed by atoms with Crippen molar-refractivity contribution in [2.24, 2.45) is 0 Å². The van der Waals surface area contributed by atoms with Crippen molar-refractivity contribution in [2.45, 2.75) is 19.3 Å². The van der Waals surface area contributed by atoms with Gasteiger partial charge in [0.05, 0.1) is 4.88 Å². The minimum atomic E-state index is -0.256. The van der Waals surface area contributed by atoms with Crippen LogP contribution in [0, 0.1) is 0 Å². The lowest BCUT2D eigenvalue weighted by atomic mass is 10.1. The van der Waals surface area contributed by atoms with Gasteiger partial charge in [0.25, 0.3) is 11.8 Å². The zero-order chi connectivity index (χ0) is 20.9. The summed E-state index contributed by atoms with van der Waals surface area (Å²) in [7, 11) is 0. The van der Waals surface area contributed by atoms with E-state index in [4.69, 9.17) is 0 Å². The van der Waals surface area contributed by atoms with Gasteiger partial charge in [-0.15, -0.1) is 11.3 Å². The van der Waals surface area contributed by atoms with E-state index in [1.165, 1.54) is 11.3 Å². The van der Waals surface area contributed by atoms with Crippen LogP contribution in [0.2, 0.25) is 0 Å². The second-order valence-electron chi connectivity index (χ2n) is 7.02. The monoisotopic (exact) mass is 419 g/mol. The number of rotatable bonds is 5. The first kappa shape index (κ1) is 19.8. The Bertz CT molecular complexity index is 1060. The lowest BCUT2D eigenvalue weighted by Crippen LogP contribution is -2.35. The number of nitrogens with one attached hydrogen (secondary N) is 2. The number of carbonyl (C=O) groups excluding carboxylic acids is 3. The normalized spacial score (nSPS) is 13.7. The summed E-state index contributed by atoms with van der Waals surface area (Å²) in [5, 5.41) is 7.52. The molecule has 0 aliphatic carbocycles. The highest BCUT2D eigenvalue weighted by Crippen LogP contribution is 2.22. The second-order valence-corrected chi connectivity index (χ2v) is 7.96. The first-order chi connectivity index (χ1) is 14.6. The number of thiophene rings is 1. The summed E-state index contributed by atoms with van der Waals surface area (Å²) in [6, 6.07) is 17.6. The number of hydrogen-bond donors (Lipinski definition) is 2. The third-order valence-electron chi connectivity index (χ3n) is 4.89. The van der Waals surface area contributed by atoms with Crippen LogP contribution in [0.15, 0.2) is 66.0 Å². The molecule has 3 aromatic rings. The molecular formula is C23H21N3O3S. The molecule has 2 N–H and O–H groups in total. The van der Waals surface area contributed by atoms with Crippen molar-refractivity contribution in [2.75, 3.05) is 22.1 Å². The molecule has 0 radical (unpaired) electrons. The van der Waals surface area contributed by atoms with E-state index in [2.05, 4.69) is 10.6 Å². The molecule has 0 spiro atoms. The highest BCUT2D eigenvalue weighted by molar-refractivity contribution is 7.12. The van der Waals surface area contributed by atoms with Gasteiger partial charge in [-0.25, -0.2) is 0 Å². The molecule has 3 amide bonds. The van der Waals surface area contributed by atoms with Crippen molar-refractivity contribution in [3.05, 3.63) is 76.5 Å². The molecule has 2 heterocycles. The summed E-state index contributed by atoms with van der Waals surface area (Å²) < 4.78 is 0. The molecule has 6 nitrogen and oxygen atoms in total. The number of anilines is 3. The number of piperidine rings is 1. The highest BCUT2D eigenvalue weighted by Gasteiger charge is 2.19. The summed E-state index contributed by atoms with van der Waals surface area (Å²) in [5.74, 6) is -0.315. The summed E-state index contributed by atoms with van der Waals surface area (Å²) in [6.07, 6.45) is 2.50. The smallest absolute Gasteiger partial charge is 0.265 e. The second kappa shape index (κ2) is 8.92. The number of nitrogens with zero attached hydrogens (tertiary/aromatic N) is 1. The topological polar surface area (TPSA) is 78.5 Å². The van der Waals surface area contributed by atoms with Gasteiger partial charge in [-0.05, 0) is 66.8 Å². The molecular weight excluding hydrogens is 398 g/mol. The first-order valence-corrected chi connectivity index (χ1v) is 10.6. The average molecular weight is 420 g/mol. The van der Waals surface area contributed by atoms with E-state index >= 15 is 0 Å². The van der Waals surface area contributed by atoms with Crippen molar-refractivity contribution in [1.82, 2.24) is 0 Å². The quantitative estimate of drug-likeness (QED) is 0.625. The number of benzene rings is 2. The Labute approximate surface area is 178 Å². The summed E-state index contributed by atoms with van der Waals surface area (Å²) in [6.45, 7) is 0.717. The van der Waals surface area contributed by atoms with Crippen LogP contribution in [0.1, 0.15) is 39.3 Å². The molecule has 1 aliphatic heterocycles. The molecule has 4 rings (SSSR count). The molecule has 30 heavy (non-hydrogen) atoms. The third-order valence-corrected chi connectivity index (χ3v) is 5.76. The van der Waals surface area contributed by atoms with Crippen molar-refractivity contribution < 1.29 is 14.4 Å². The largest absolute Gasteiger partial charge is 0.322 e. The fraction of sp³-hybridized carbons (Fsp3) is 0.174. The zero-order valence-electron chi connectivity index (χ0n) is 16.3. The lowest BCUT2D eigenvalue weighted by molar-refractivity contribution is -0.119. The summed E-state index contributed by atoms with van der Waals surface area (Å²) in [5.41, 5.74) is 2.50. The van der Waals surface area contributed by atoms with Gasteiger partial charge in [-0.3, -0.25) is 14.4 Å². The maximum Gasteiger partial charge on any atom is 0.265 e. The van der Waals surface area contributed by atoms with Crippen molar-refractivity contribution in [1.29, 1.82) is 0 Å². The summed E-state index contributed by atoms with van der Waals surface area (Å²) in [4.78, 5) is 39.3. The molecule has 0 unspecified atom stereocenters. The maximum atomic E-state index is 12.6. The molecule has 1 fully saturated rings. The van der Waals surface area contributed by atoms with E-state index in [0.717, 1.165) is 18.5 Å². The number of amides is 3. The van der Waals surface area contributed by atoms with E-state index in [1.54, 1.807) is 59.5 Å². The SMILES string of the molecule is O=C(Nc1cccc(NC(=O)c2cccs2)c1)c1ccc(N2CCCCC2=O)cc1. The Morgan fingerprint density at radius 1 is 0.867 bits per heavy atom. The number of hydrogen-bond acceptors (Lipinski definition) is 4. The Kier molecular flexibility index (Phi) is 5.90. The Morgan fingerprint density at radius 3 is 2.27 bits per heavy atom. The zero-order valence-corrected chi connectivity index (χ0v) is 17.1. The molecule has 1 aliphatic rings. The molecule has 7 heteroatoms. The van der Waals surface area contributed by atoms with E-state index in [0.29, 0.717) is 34.8 Å². The van der Waals surface area contributed by atoms with Crippen LogP contribution in [-0.4, -0.2) is 24.3 Å². The van der Waals surface area contributed by atoms with Gasteiger partial charge in [-0.2, -0.15) is 0 Å². The van der Waals surface area contributed by atoms with Gasteiger partial charge in [-0.1, -0.05) is 12.1 Å². The van der Waals surface area contributed by atoms with Crippen LogP contribution >= 0.6 is 11.3 Å². The van der Waals surface area contributed by atoms with Gasteiger partial charge in [0.1, 0.15) is 0 Å². The molecule has 1 saturated heterocycles. The highest BCUT2D eigenvalue weighted by atomic mass is 32.1. The van der Waals surface area contributed by atoms with Gasteiger partial charge in [0, 0.05) is 35.6 Å². The van der Waals surface area contributed by atoms with Gasteiger partial charge in [0.15, 0.2) is 0 Å². The van der Waals surface area contributed by atoms with E-state index in [9.17, 15) is 14.4 Å². The fourth-order valence-corrected chi connectivity index (χ4v) is 3.97. The average Bonchev–Trinajstić information content (AvgIpc) is 3.30. The molecule has 0 saturated carbocycles. The molecule has 1 aromatic heterocycles. The maximum absolute atomic E-state index is 12.6. The van der Waals surface area contributed by atoms with Crippen molar-refractivity contribution >= 4 is 46.1 Å². The standard InChI is InChI=1S/C23H21N3O3S/c27-21-8-1-2-13-26(21)19-11-9-16(10-12-19)22(28)24-17-5-3-6-18(15-17)25-23(29)20-7-4-14-30-20/h3-7,9-12,14-15H,1-2,8,13H2,(H,24,28)(H,25,29). The van der Waals surface area contributed by atoms with Crippen LogP contribution in [0.4, 0.5) is 17.1 Å². The Balaban J connectivity index is 1.41. The first-order valence-electron chi connectivity index (χ1n) is 9.77. The minimum absolute atomic E-state index is 0.125. The minimum Gasteiger partial charge on any atom is -0.322 e. The lowest BCUT2D eigenvalue weighted by Gasteiger charge is -2.26. The molecule has 152 valence electrons. The molecule has 2 aromatic carbocycles. The third kappa shape index (κ3) is 4.58. The predicted octanol–water partition coefficient (Wildman–Crippen LogP) is 4.77.